The lowest BCUT2D eigenvalue weighted by Gasteiger charge is -2.17. The Morgan fingerprint density at radius 3 is 2.86 bits per heavy atom. The minimum Gasteiger partial charge on any atom is -0.493 e. The summed E-state index contributed by atoms with van der Waals surface area (Å²) in [6, 6.07) is 8.24. The quantitative estimate of drug-likeness (QED) is 0.944. The normalized spacial score (nSPS) is 19.1. The van der Waals surface area contributed by atoms with Crippen LogP contribution < -0.4 is 10.5 Å². The van der Waals surface area contributed by atoms with Crippen LogP contribution in [0.15, 0.2) is 29.6 Å². The third kappa shape index (κ3) is 2.97. The molecule has 2 atom stereocenters. The van der Waals surface area contributed by atoms with Gasteiger partial charge >= 0.3 is 0 Å². The van der Waals surface area contributed by atoms with Crippen LogP contribution >= 0.6 is 11.3 Å². The first-order valence-corrected chi connectivity index (χ1v) is 8.25. The van der Waals surface area contributed by atoms with Gasteiger partial charge in [0.25, 0.3) is 0 Å². The van der Waals surface area contributed by atoms with E-state index in [1.54, 1.807) is 11.3 Å². The van der Waals surface area contributed by atoms with Crippen molar-refractivity contribution in [3.8, 4) is 5.75 Å². The Bertz CT molecular complexity index is 630. The molecule has 0 fully saturated rings. The molecule has 21 heavy (non-hydrogen) atoms. The van der Waals surface area contributed by atoms with Gasteiger partial charge in [-0.1, -0.05) is 39.0 Å². The first-order chi connectivity index (χ1) is 9.95. The SMILES string of the molecule is CC(C)(C)c1csc(CC(N)C2COc3ccccc32)n1. The van der Waals surface area contributed by atoms with Gasteiger partial charge in [-0.05, 0) is 6.07 Å². The zero-order valence-corrected chi connectivity index (χ0v) is 13.6. The molecule has 0 saturated heterocycles. The predicted molar refractivity (Wildman–Crippen MR) is 87.2 cm³/mol. The van der Waals surface area contributed by atoms with Crippen molar-refractivity contribution in [2.45, 2.75) is 44.6 Å². The van der Waals surface area contributed by atoms with Gasteiger partial charge in [-0.25, -0.2) is 4.98 Å². The van der Waals surface area contributed by atoms with E-state index in [0.29, 0.717) is 6.61 Å². The van der Waals surface area contributed by atoms with Crippen LogP contribution in [-0.2, 0) is 11.8 Å². The fraction of sp³-hybridized carbons (Fsp3) is 0.471. The van der Waals surface area contributed by atoms with E-state index in [1.807, 2.05) is 18.2 Å². The Hall–Kier alpha value is -1.39. The second kappa shape index (κ2) is 5.43. The summed E-state index contributed by atoms with van der Waals surface area (Å²) in [5.41, 5.74) is 8.91. The van der Waals surface area contributed by atoms with Crippen LogP contribution in [0, 0.1) is 0 Å². The molecular weight excluding hydrogens is 280 g/mol. The van der Waals surface area contributed by atoms with Gasteiger partial charge in [0, 0.05) is 34.7 Å². The number of aromatic nitrogens is 1. The van der Waals surface area contributed by atoms with Crippen molar-refractivity contribution in [2.75, 3.05) is 6.61 Å². The van der Waals surface area contributed by atoms with Crippen molar-refractivity contribution in [2.24, 2.45) is 5.73 Å². The molecule has 112 valence electrons. The molecule has 3 nitrogen and oxygen atoms in total. The van der Waals surface area contributed by atoms with E-state index in [9.17, 15) is 0 Å². The third-order valence-electron chi connectivity index (χ3n) is 3.98. The zero-order chi connectivity index (χ0) is 15.0. The summed E-state index contributed by atoms with van der Waals surface area (Å²) in [7, 11) is 0. The van der Waals surface area contributed by atoms with Gasteiger partial charge in [0.15, 0.2) is 0 Å². The van der Waals surface area contributed by atoms with Crippen molar-refractivity contribution in [3.63, 3.8) is 0 Å². The molecule has 2 N–H and O–H groups in total. The number of nitrogens with zero attached hydrogens (tertiary/aromatic N) is 1. The van der Waals surface area contributed by atoms with E-state index in [4.69, 9.17) is 15.5 Å². The molecule has 3 rings (SSSR count). The van der Waals surface area contributed by atoms with E-state index >= 15 is 0 Å². The first-order valence-electron chi connectivity index (χ1n) is 7.37. The van der Waals surface area contributed by atoms with Crippen LogP contribution in [0.3, 0.4) is 0 Å². The Labute approximate surface area is 130 Å². The van der Waals surface area contributed by atoms with Gasteiger partial charge in [0.05, 0.1) is 17.3 Å². The van der Waals surface area contributed by atoms with E-state index in [2.05, 4.69) is 32.2 Å². The smallest absolute Gasteiger partial charge is 0.122 e. The third-order valence-corrected chi connectivity index (χ3v) is 4.86. The van der Waals surface area contributed by atoms with Crippen LogP contribution in [0.4, 0.5) is 0 Å². The second-order valence-electron chi connectivity index (χ2n) is 6.70. The van der Waals surface area contributed by atoms with E-state index in [1.165, 1.54) is 5.56 Å². The van der Waals surface area contributed by atoms with E-state index in [-0.39, 0.29) is 17.4 Å². The molecule has 1 aliphatic rings. The van der Waals surface area contributed by atoms with Crippen LogP contribution in [0.1, 0.15) is 43.0 Å². The standard InChI is InChI=1S/C17H22N2OS/c1-17(2,3)15-10-21-16(19-15)8-13(18)12-9-20-14-7-5-4-6-11(12)14/h4-7,10,12-13H,8-9,18H2,1-3H3. The maximum absolute atomic E-state index is 6.43. The molecule has 1 aromatic heterocycles. The maximum atomic E-state index is 6.43. The van der Waals surface area contributed by atoms with Crippen molar-refractivity contribution in [1.29, 1.82) is 0 Å². The molecular formula is C17H22N2OS. The Balaban J connectivity index is 1.73. The van der Waals surface area contributed by atoms with Gasteiger partial charge in [-0.2, -0.15) is 0 Å². The minimum absolute atomic E-state index is 0.0487. The molecule has 2 unspecified atom stereocenters. The molecule has 0 bridgehead atoms. The average Bonchev–Trinajstić information content (AvgIpc) is 3.03. The Kier molecular flexibility index (Phi) is 3.76. The van der Waals surface area contributed by atoms with Gasteiger partial charge in [0.2, 0.25) is 0 Å². The van der Waals surface area contributed by atoms with Crippen LogP contribution in [0.2, 0.25) is 0 Å². The Morgan fingerprint density at radius 2 is 2.14 bits per heavy atom. The summed E-state index contributed by atoms with van der Waals surface area (Å²) in [5.74, 6) is 1.25. The fourth-order valence-corrected chi connectivity index (χ4v) is 3.73. The number of fused-ring (bicyclic) bond motifs is 1. The molecule has 0 saturated carbocycles. The van der Waals surface area contributed by atoms with Gasteiger partial charge in [0.1, 0.15) is 5.75 Å². The number of nitrogens with two attached hydrogens (primary N) is 1. The molecule has 4 heteroatoms. The van der Waals surface area contributed by atoms with Crippen molar-refractivity contribution in [3.05, 3.63) is 45.9 Å². The Morgan fingerprint density at radius 1 is 1.38 bits per heavy atom. The summed E-state index contributed by atoms with van der Waals surface area (Å²) in [4.78, 5) is 4.75. The lowest BCUT2D eigenvalue weighted by atomic mass is 9.92. The lowest BCUT2D eigenvalue weighted by Crippen LogP contribution is -2.31. The summed E-state index contributed by atoms with van der Waals surface area (Å²) in [5, 5.41) is 3.28. The number of benzene rings is 1. The highest BCUT2D eigenvalue weighted by Gasteiger charge is 2.30. The summed E-state index contributed by atoms with van der Waals surface area (Å²) >= 11 is 1.71. The van der Waals surface area contributed by atoms with Gasteiger partial charge in [-0.3, -0.25) is 0 Å². The summed E-state index contributed by atoms with van der Waals surface area (Å²) < 4.78 is 5.73. The van der Waals surface area contributed by atoms with E-state index < -0.39 is 0 Å². The first kappa shape index (κ1) is 14.5. The summed E-state index contributed by atoms with van der Waals surface area (Å²) in [6.07, 6.45) is 0.809. The number of para-hydroxylation sites is 1. The molecule has 1 aliphatic heterocycles. The van der Waals surface area contributed by atoms with E-state index in [0.717, 1.165) is 22.9 Å². The lowest BCUT2D eigenvalue weighted by molar-refractivity contribution is 0.313. The summed E-state index contributed by atoms with van der Waals surface area (Å²) in [6.45, 7) is 7.24. The van der Waals surface area contributed by atoms with Gasteiger partial charge < -0.3 is 10.5 Å². The zero-order valence-electron chi connectivity index (χ0n) is 12.8. The highest BCUT2D eigenvalue weighted by atomic mass is 32.1. The largest absolute Gasteiger partial charge is 0.493 e. The number of ether oxygens (including phenoxy) is 1. The molecule has 0 aliphatic carbocycles. The molecule has 0 spiro atoms. The molecule has 0 radical (unpaired) electrons. The second-order valence-corrected chi connectivity index (χ2v) is 7.64. The topological polar surface area (TPSA) is 48.1 Å². The van der Waals surface area contributed by atoms with Crippen LogP contribution in [0.5, 0.6) is 5.75 Å². The monoisotopic (exact) mass is 302 g/mol. The average molecular weight is 302 g/mol. The number of hydrogen-bond donors (Lipinski definition) is 1. The van der Waals surface area contributed by atoms with Crippen LogP contribution in [-0.4, -0.2) is 17.6 Å². The highest BCUT2D eigenvalue weighted by molar-refractivity contribution is 7.09. The number of thiazole rings is 1. The van der Waals surface area contributed by atoms with Crippen molar-refractivity contribution in [1.82, 2.24) is 4.98 Å². The predicted octanol–water partition coefficient (Wildman–Crippen LogP) is 3.49. The molecule has 0 amide bonds. The number of rotatable bonds is 3. The fourth-order valence-electron chi connectivity index (χ4n) is 2.63. The number of hydrogen-bond acceptors (Lipinski definition) is 4. The minimum atomic E-state index is 0.0487. The maximum Gasteiger partial charge on any atom is 0.122 e. The van der Waals surface area contributed by atoms with Crippen molar-refractivity contribution >= 4 is 11.3 Å². The van der Waals surface area contributed by atoms with Crippen LogP contribution in [0.25, 0.3) is 0 Å². The molecule has 2 aromatic rings. The van der Waals surface area contributed by atoms with Crippen molar-refractivity contribution < 1.29 is 4.74 Å². The molecule has 1 aromatic carbocycles. The molecule has 2 heterocycles. The van der Waals surface area contributed by atoms with Gasteiger partial charge in [-0.15, -0.1) is 11.3 Å². The highest BCUT2D eigenvalue weighted by Crippen LogP contribution is 2.36.